The van der Waals surface area contributed by atoms with Gasteiger partial charge in [0.1, 0.15) is 0 Å². The number of amides is 1. The maximum atomic E-state index is 11.9. The van der Waals surface area contributed by atoms with Crippen LogP contribution in [-0.2, 0) is 12.8 Å². The molecule has 1 unspecified atom stereocenters. The second kappa shape index (κ2) is 5.36. The number of carbonyl (C=O) groups excluding carboxylic acids is 1. The minimum absolute atomic E-state index is 0.0117. The highest BCUT2D eigenvalue weighted by Gasteiger charge is 2.20. The molecule has 2 nitrogen and oxygen atoms in total. The number of rotatable bonds is 3. The summed E-state index contributed by atoms with van der Waals surface area (Å²) in [4.78, 5) is 14.1. The molecule has 0 aromatic carbocycles. The third-order valence-electron chi connectivity index (χ3n) is 2.99. The van der Waals surface area contributed by atoms with Gasteiger partial charge in [-0.1, -0.05) is 29.4 Å². The molecule has 0 spiro atoms. The summed E-state index contributed by atoms with van der Waals surface area (Å²) in [7, 11) is 0. The summed E-state index contributed by atoms with van der Waals surface area (Å²) < 4.78 is 0.792. The second-order valence-corrected chi connectivity index (χ2v) is 6.87. The van der Waals surface area contributed by atoms with E-state index < -0.39 is 0 Å². The highest BCUT2D eigenvalue weighted by Crippen LogP contribution is 2.32. The molecule has 0 saturated heterocycles. The van der Waals surface area contributed by atoms with Crippen LogP contribution in [0.4, 0.5) is 0 Å². The van der Waals surface area contributed by atoms with Crippen LogP contribution in [0.15, 0.2) is 17.1 Å². The van der Waals surface area contributed by atoms with Crippen LogP contribution in [0.1, 0.15) is 33.5 Å². The lowest BCUT2D eigenvalue weighted by atomic mass is 9.90. The number of nitrogens with one attached hydrogen (secondary N) is 1. The van der Waals surface area contributed by atoms with E-state index in [0.29, 0.717) is 6.54 Å². The van der Waals surface area contributed by atoms with Gasteiger partial charge in [-0.3, -0.25) is 4.79 Å². The summed E-state index contributed by atoms with van der Waals surface area (Å²) in [5, 5.41) is 2.84. The van der Waals surface area contributed by atoms with Crippen molar-refractivity contribution in [1.82, 2.24) is 5.32 Å². The fraction of sp³-hybridized carbons (Fsp3) is 0.462. The first-order valence-corrected chi connectivity index (χ1v) is 7.40. The van der Waals surface area contributed by atoms with Crippen molar-refractivity contribution in [2.24, 2.45) is 5.92 Å². The fourth-order valence-electron chi connectivity index (χ4n) is 2.08. The Morgan fingerprint density at radius 2 is 2.47 bits per heavy atom. The van der Waals surface area contributed by atoms with Crippen LogP contribution in [0.25, 0.3) is 0 Å². The standard InChI is InChI=1S/C13H16BrNOS/c1-8-3-4-11-10(5-8)6-12(17-11)13(16)15-7-9(2)14/h6,8H,2-5,7H2,1H3,(H,15,16). The van der Waals surface area contributed by atoms with Crippen LogP contribution in [0.5, 0.6) is 0 Å². The van der Waals surface area contributed by atoms with Gasteiger partial charge in [-0.05, 0) is 36.8 Å². The minimum atomic E-state index is 0.0117. The Bertz CT molecular complexity index is 452. The van der Waals surface area contributed by atoms with E-state index in [1.54, 1.807) is 11.3 Å². The quantitative estimate of drug-likeness (QED) is 0.909. The molecular formula is C13H16BrNOS. The molecule has 1 aromatic rings. The predicted molar refractivity (Wildman–Crippen MR) is 75.9 cm³/mol. The molecule has 0 saturated carbocycles. The van der Waals surface area contributed by atoms with Crippen LogP contribution >= 0.6 is 27.3 Å². The molecule has 0 bridgehead atoms. The van der Waals surface area contributed by atoms with Gasteiger partial charge in [-0.2, -0.15) is 0 Å². The summed E-state index contributed by atoms with van der Waals surface area (Å²) in [6, 6.07) is 2.06. The number of hydrogen-bond donors (Lipinski definition) is 1. The zero-order valence-corrected chi connectivity index (χ0v) is 12.3. The predicted octanol–water partition coefficient (Wildman–Crippen LogP) is 3.51. The molecule has 2 rings (SSSR count). The molecule has 1 atom stereocenters. The SMILES string of the molecule is C=C(Br)CNC(=O)c1cc2c(s1)CCC(C)C2. The average Bonchev–Trinajstić information content (AvgIpc) is 2.68. The van der Waals surface area contributed by atoms with Crippen molar-refractivity contribution in [3.63, 3.8) is 0 Å². The summed E-state index contributed by atoms with van der Waals surface area (Å²) in [6.45, 7) is 6.46. The van der Waals surface area contributed by atoms with E-state index in [9.17, 15) is 4.79 Å². The summed E-state index contributed by atoms with van der Waals surface area (Å²) in [6.07, 6.45) is 3.48. The Morgan fingerprint density at radius 3 is 3.18 bits per heavy atom. The Labute approximate surface area is 114 Å². The number of fused-ring (bicyclic) bond motifs is 1. The van der Waals surface area contributed by atoms with Gasteiger partial charge in [0.05, 0.1) is 4.88 Å². The Balaban J connectivity index is 2.07. The third-order valence-corrected chi connectivity index (χ3v) is 4.51. The van der Waals surface area contributed by atoms with E-state index in [1.165, 1.54) is 16.9 Å². The van der Waals surface area contributed by atoms with Gasteiger partial charge < -0.3 is 5.32 Å². The Morgan fingerprint density at radius 1 is 1.71 bits per heavy atom. The zero-order chi connectivity index (χ0) is 12.4. The van der Waals surface area contributed by atoms with E-state index in [4.69, 9.17) is 0 Å². The molecule has 0 aliphatic heterocycles. The van der Waals surface area contributed by atoms with Gasteiger partial charge in [0.2, 0.25) is 0 Å². The summed E-state index contributed by atoms with van der Waals surface area (Å²) in [5.41, 5.74) is 1.37. The summed E-state index contributed by atoms with van der Waals surface area (Å²) in [5.74, 6) is 0.757. The highest BCUT2D eigenvalue weighted by atomic mass is 79.9. The van der Waals surface area contributed by atoms with E-state index in [2.05, 4.69) is 40.8 Å². The molecule has 1 aliphatic rings. The lowest BCUT2D eigenvalue weighted by Crippen LogP contribution is -2.23. The van der Waals surface area contributed by atoms with Crippen molar-refractivity contribution in [3.8, 4) is 0 Å². The average molecular weight is 314 g/mol. The molecule has 17 heavy (non-hydrogen) atoms. The third kappa shape index (κ3) is 3.19. The van der Waals surface area contributed by atoms with E-state index >= 15 is 0 Å². The lowest BCUT2D eigenvalue weighted by molar-refractivity contribution is 0.0961. The molecular weight excluding hydrogens is 298 g/mol. The first-order chi connectivity index (χ1) is 8.06. The van der Waals surface area contributed by atoms with E-state index in [1.807, 2.05) is 0 Å². The van der Waals surface area contributed by atoms with Crippen molar-refractivity contribution in [1.29, 1.82) is 0 Å². The molecule has 1 N–H and O–H groups in total. The molecule has 92 valence electrons. The first kappa shape index (κ1) is 12.8. The summed E-state index contributed by atoms with van der Waals surface area (Å²) >= 11 is 4.87. The maximum absolute atomic E-state index is 11.9. The fourth-order valence-corrected chi connectivity index (χ4v) is 3.35. The zero-order valence-electron chi connectivity index (χ0n) is 9.88. The molecule has 1 aromatic heterocycles. The van der Waals surface area contributed by atoms with Crippen molar-refractivity contribution in [2.75, 3.05) is 6.54 Å². The second-order valence-electron chi connectivity index (χ2n) is 4.61. The van der Waals surface area contributed by atoms with E-state index in [-0.39, 0.29) is 5.91 Å². The maximum Gasteiger partial charge on any atom is 0.261 e. The van der Waals surface area contributed by atoms with Crippen LogP contribution in [0, 0.1) is 5.92 Å². The van der Waals surface area contributed by atoms with Crippen molar-refractivity contribution in [3.05, 3.63) is 32.4 Å². The Kier molecular flexibility index (Phi) is 4.05. The normalized spacial score (nSPS) is 18.6. The van der Waals surface area contributed by atoms with Crippen LogP contribution < -0.4 is 5.32 Å². The number of hydrogen-bond acceptors (Lipinski definition) is 2. The van der Waals surface area contributed by atoms with Crippen LogP contribution in [-0.4, -0.2) is 12.5 Å². The smallest absolute Gasteiger partial charge is 0.261 e. The first-order valence-electron chi connectivity index (χ1n) is 5.79. The molecule has 0 fully saturated rings. The van der Waals surface area contributed by atoms with Gasteiger partial charge >= 0.3 is 0 Å². The van der Waals surface area contributed by atoms with Crippen molar-refractivity contribution < 1.29 is 4.79 Å². The Hall–Kier alpha value is -0.610. The van der Waals surface area contributed by atoms with Crippen LogP contribution in [0.2, 0.25) is 0 Å². The number of thiophene rings is 1. The molecule has 1 aliphatic carbocycles. The highest BCUT2D eigenvalue weighted by molar-refractivity contribution is 9.11. The van der Waals surface area contributed by atoms with Gasteiger partial charge in [-0.25, -0.2) is 0 Å². The lowest BCUT2D eigenvalue weighted by Gasteiger charge is -2.16. The van der Waals surface area contributed by atoms with Gasteiger partial charge in [0.15, 0.2) is 0 Å². The van der Waals surface area contributed by atoms with Gasteiger partial charge in [0, 0.05) is 15.9 Å². The number of halogens is 1. The number of carbonyl (C=O) groups is 1. The van der Waals surface area contributed by atoms with E-state index in [0.717, 1.165) is 28.1 Å². The van der Waals surface area contributed by atoms with Gasteiger partial charge in [-0.15, -0.1) is 11.3 Å². The number of aryl methyl sites for hydroxylation is 1. The van der Waals surface area contributed by atoms with Crippen molar-refractivity contribution >= 4 is 33.2 Å². The topological polar surface area (TPSA) is 29.1 Å². The van der Waals surface area contributed by atoms with Gasteiger partial charge in [0.25, 0.3) is 5.91 Å². The molecule has 4 heteroatoms. The largest absolute Gasteiger partial charge is 0.347 e. The van der Waals surface area contributed by atoms with Crippen LogP contribution in [0.3, 0.4) is 0 Å². The monoisotopic (exact) mass is 313 g/mol. The molecule has 1 amide bonds. The molecule has 1 heterocycles. The minimum Gasteiger partial charge on any atom is -0.347 e. The molecule has 0 radical (unpaired) electrons. The van der Waals surface area contributed by atoms with Crippen molar-refractivity contribution in [2.45, 2.75) is 26.2 Å².